The molecule has 0 aliphatic heterocycles. The molecule has 0 aliphatic rings. The standard InChI is InChI=1S/C13H16N2O5S/c1-9(7-14)8-15(2)21(18,19)12-5-4-10(13(16)17)6-11(12)20-3/h4-6,9H,8H2,1-3H3,(H,16,17). The second kappa shape index (κ2) is 6.56. The SMILES string of the molecule is COc1cc(C(=O)O)ccc1S(=O)(=O)N(C)CC(C)C#N. The van der Waals surface area contributed by atoms with Gasteiger partial charge in [0.25, 0.3) is 0 Å². The van der Waals surface area contributed by atoms with Crippen LogP contribution < -0.4 is 4.74 Å². The molecule has 8 heteroatoms. The molecule has 21 heavy (non-hydrogen) atoms. The molecule has 0 aliphatic carbocycles. The summed E-state index contributed by atoms with van der Waals surface area (Å²) in [5, 5.41) is 17.7. The van der Waals surface area contributed by atoms with Crippen molar-refractivity contribution in [1.29, 1.82) is 5.26 Å². The Bertz CT molecular complexity index is 678. The van der Waals surface area contributed by atoms with E-state index in [-0.39, 0.29) is 22.8 Å². The second-order valence-corrected chi connectivity index (χ2v) is 6.50. The molecule has 1 unspecified atom stereocenters. The van der Waals surface area contributed by atoms with Crippen molar-refractivity contribution in [3.05, 3.63) is 23.8 Å². The van der Waals surface area contributed by atoms with Gasteiger partial charge in [0.15, 0.2) is 0 Å². The quantitative estimate of drug-likeness (QED) is 0.845. The third-order valence-electron chi connectivity index (χ3n) is 2.85. The maximum Gasteiger partial charge on any atom is 0.335 e. The Morgan fingerprint density at radius 3 is 2.62 bits per heavy atom. The number of methoxy groups -OCH3 is 1. The van der Waals surface area contributed by atoms with E-state index in [0.29, 0.717) is 0 Å². The summed E-state index contributed by atoms with van der Waals surface area (Å²) >= 11 is 0. The van der Waals surface area contributed by atoms with Gasteiger partial charge >= 0.3 is 5.97 Å². The van der Waals surface area contributed by atoms with Crippen LogP contribution in [0.15, 0.2) is 23.1 Å². The minimum absolute atomic E-state index is 0.0304. The first kappa shape index (κ1) is 16.9. The van der Waals surface area contributed by atoms with Gasteiger partial charge in [0.05, 0.1) is 24.7 Å². The van der Waals surface area contributed by atoms with Crippen LogP contribution in [0.1, 0.15) is 17.3 Å². The summed E-state index contributed by atoms with van der Waals surface area (Å²) in [6.07, 6.45) is 0. The third kappa shape index (κ3) is 3.71. The summed E-state index contributed by atoms with van der Waals surface area (Å²) in [7, 11) is -1.25. The fraction of sp³-hybridized carbons (Fsp3) is 0.385. The molecule has 7 nitrogen and oxygen atoms in total. The minimum atomic E-state index is -3.87. The molecule has 1 rings (SSSR count). The molecule has 1 atom stereocenters. The van der Waals surface area contributed by atoms with Crippen molar-refractivity contribution >= 4 is 16.0 Å². The zero-order valence-electron chi connectivity index (χ0n) is 11.9. The average Bonchev–Trinajstić information content (AvgIpc) is 2.45. The molecule has 1 aromatic rings. The van der Waals surface area contributed by atoms with Crippen molar-refractivity contribution in [3.8, 4) is 11.8 Å². The van der Waals surface area contributed by atoms with Crippen LogP contribution in [0.5, 0.6) is 5.75 Å². The Balaban J connectivity index is 3.25. The first-order chi connectivity index (χ1) is 9.73. The van der Waals surface area contributed by atoms with Crippen LogP contribution >= 0.6 is 0 Å². The Morgan fingerprint density at radius 2 is 2.14 bits per heavy atom. The van der Waals surface area contributed by atoms with Crippen LogP contribution in [0.25, 0.3) is 0 Å². The number of hydrogen-bond donors (Lipinski definition) is 1. The lowest BCUT2D eigenvalue weighted by Gasteiger charge is -2.19. The maximum atomic E-state index is 12.4. The lowest BCUT2D eigenvalue weighted by molar-refractivity contribution is 0.0696. The number of nitriles is 1. The number of sulfonamides is 1. The van der Waals surface area contributed by atoms with Gasteiger partial charge < -0.3 is 9.84 Å². The normalized spacial score (nSPS) is 12.7. The van der Waals surface area contributed by atoms with E-state index in [4.69, 9.17) is 15.1 Å². The topological polar surface area (TPSA) is 108 Å². The Kier molecular flexibility index (Phi) is 5.29. The molecule has 1 aromatic carbocycles. The Morgan fingerprint density at radius 1 is 1.52 bits per heavy atom. The molecular formula is C13H16N2O5S. The van der Waals surface area contributed by atoms with Gasteiger partial charge in [-0.25, -0.2) is 13.2 Å². The number of carbonyl (C=O) groups is 1. The summed E-state index contributed by atoms with van der Waals surface area (Å²) in [4.78, 5) is 10.8. The van der Waals surface area contributed by atoms with Gasteiger partial charge in [-0.1, -0.05) is 0 Å². The molecule has 0 fully saturated rings. The van der Waals surface area contributed by atoms with Crippen molar-refractivity contribution in [2.45, 2.75) is 11.8 Å². The largest absolute Gasteiger partial charge is 0.495 e. The number of carboxylic acids is 1. The highest BCUT2D eigenvalue weighted by molar-refractivity contribution is 7.89. The van der Waals surface area contributed by atoms with E-state index < -0.39 is 21.9 Å². The number of aromatic carboxylic acids is 1. The van der Waals surface area contributed by atoms with Crippen molar-refractivity contribution in [2.24, 2.45) is 5.92 Å². The summed E-state index contributed by atoms with van der Waals surface area (Å²) in [5.74, 6) is -1.69. The van der Waals surface area contributed by atoms with Crippen molar-refractivity contribution < 1.29 is 23.1 Å². The minimum Gasteiger partial charge on any atom is -0.495 e. The summed E-state index contributed by atoms with van der Waals surface area (Å²) in [6.45, 7) is 1.64. The van der Waals surface area contributed by atoms with Gasteiger partial charge in [0, 0.05) is 13.6 Å². The third-order valence-corrected chi connectivity index (χ3v) is 4.71. The zero-order chi connectivity index (χ0) is 16.2. The Hall–Kier alpha value is -2.11. The van der Waals surface area contributed by atoms with Crippen LogP contribution in [0.3, 0.4) is 0 Å². The smallest absolute Gasteiger partial charge is 0.335 e. The molecule has 0 bridgehead atoms. The van der Waals surface area contributed by atoms with Crippen LogP contribution in [-0.4, -0.2) is 44.5 Å². The van der Waals surface area contributed by atoms with Crippen LogP contribution in [-0.2, 0) is 10.0 Å². The van der Waals surface area contributed by atoms with Crippen LogP contribution in [0, 0.1) is 17.2 Å². The van der Waals surface area contributed by atoms with Gasteiger partial charge in [0.2, 0.25) is 10.0 Å². The van der Waals surface area contributed by atoms with E-state index in [2.05, 4.69) is 0 Å². The van der Waals surface area contributed by atoms with E-state index in [1.165, 1.54) is 26.3 Å². The molecule has 0 saturated heterocycles. The lowest BCUT2D eigenvalue weighted by Crippen LogP contribution is -2.31. The van der Waals surface area contributed by atoms with Crippen LogP contribution in [0.4, 0.5) is 0 Å². The van der Waals surface area contributed by atoms with Gasteiger partial charge in [-0.15, -0.1) is 0 Å². The lowest BCUT2D eigenvalue weighted by atomic mass is 10.2. The molecule has 0 radical (unpaired) electrons. The Labute approximate surface area is 123 Å². The molecular weight excluding hydrogens is 296 g/mol. The van der Waals surface area contributed by atoms with Gasteiger partial charge in [-0.2, -0.15) is 9.57 Å². The molecule has 0 amide bonds. The summed E-state index contributed by atoms with van der Waals surface area (Å²) in [5.41, 5.74) is -0.0705. The number of nitrogens with zero attached hydrogens (tertiary/aromatic N) is 2. The highest BCUT2D eigenvalue weighted by Crippen LogP contribution is 2.27. The van der Waals surface area contributed by atoms with E-state index in [1.807, 2.05) is 6.07 Å². The number of carboxylic acid groups (broad SMARTS) is 1. The highest BCUT2D eigenvalue weighted by Gasteiger charge is 2.26. The summed E-state index contributed by atoms with van der Waals surface area (Å²) < 4.78 is 30.9. The first-order valence-electron chi connectivity index (χ1n) is 6.01. The maximum absolute atomic E-state index is 12.4. The molecule has 0 aromatic heterocycles. The fourth-order valence-corrected chi connectivity index (χ4v) is 3.10. The second-order valence-electron chi connectivity index (χ2n) is 4.49. The average molecular weight is 312 g/mol. The summed E-state index contributed by atoms with van der Waals surface area (Å²) in [6, 6.07) is 5.49. The van der Waals surface area contributed by atoms with E-state index in [1.54, 1.807) is 6.92 Å². The first-order valence-corrected chi connectivity index (χ1v) is 7.45. The molecule has 0 heterocycles. The van der Waals surface area contributed by atoms with Crippen molar-refractivity contribution in [1.82, 2.24) is 4.31 Å². The predicted molar refractivity (Wildman–Crippen MR) is 74.5 cm³/mol. The highest BCUT2D eigenvalue weighted by atomic mass is 32.2. The number of hydrogen-bond acceptors (Lipinski definition) is 5. The number of ether oxygens (including phenoxy) is 1. The van der Waals surface area contributed by atoms with Gasteiger partial charge in [-0.3, -0.25) is 0 Å². The molecule has 1 N–H and O–H groups in total. The van der Waals surface area contributed by atoms with Crippen molar-refractivity contribution in [2.75, 3.05) is 20.7 Å². The van der Waals surface area contributed by atoms with E-state index >= 15 is 0 Å². The monoisotopic (exact) mass is 312 g/mol. The zero-order valence-corrected chi connectivity index (χ0v) is 12.7. The van der Waals surface area contributed by atoms with Crippen LogP contribution in [0.2, 0.25) is 0 Å². The van der Waals surface area contributed by atoms with Gasteiger partial charge in [0.1, 0.15) is 10.6 Å². The number of rotatable bonds is 6. The van der Waals surface area contributed by atoms with E-state index in [0.717, 1.165) is 10.4 Å². The van der Waals surface area contributed by atoms with E-state index in [9.17, 15) is 13.2 Å². The predicted octanol–water partition coefficient (Wildman–Crippen LogP) is 1.17. The molecule has 0 saturated carbocycles. The fourth-order valence-electron chi connectivity index (χ4n) is 1.71. The molecule has 0 spiro atoms. The van der Waals surface area contributed by atoms with Gasteiger partial charge in [-0.05, 0) is 25.1 Å². The molecule has 114 valence electrons. The van der Waals surface area contributed by atoms with Crippen molar-refractivity contribution in [3.63, 3.8) is 0 Å². The number of benzene rings is 1.